The number of hydrogen-bond acceptors (Lipinski definition) is 3. The molecule has 0 aliphatic carbocycles. The van der Waals surface area contributed by atoms with Gasteiger partial charge < -0.3 is 9.84 Å². The lowest BCUT2D eigenvalue weighted by Crippen LogP contribution is -2.18. The monoisotopic (exact) mass is 221 g/mol. The van der Waals surface area contributed by atoms with Gasteiger partial charge in [-0.2, -0.15) is 0 Å². The van der Waals surface area contributed by atoms with Crippen LogP contribution in [0.25, 0.3) is 0 Å². The molecule has 0 radical (unpaired) electrons. The van der Waals surface area contributed by atoms with Crippen molar-refractivity contribution >= 4 is 23.2 Å². The van der Waals surface area contributed by atoms with E-state index in [-0.39, 0.29) is 17.6 Å². The first-order chi connectivity index (χ1) is 6.24. The van der Waals surface area contributed by atoms with Crippen LogP contribution in [0.5, 0.6) is 5.75 Å². The van der Waals surface area contributed by atoms with Crippen LogP contribution < -0.4 is 4.74 Å². The Labute approximate surface area is 86.3 Å². The fourth-order valence-corrected chi connectivity index (χ4v) is 0.972. The Morgan fingerprint density at radius 1 is 1.62 bits per heavy atom. The zero-order valence-electron chi connectivity index (χ0n) is 6.78. The number of alkyl halides is 1. The quantitative estimate of drug-likeness (QED) is 0.622. The van der Waals surface area contributed by atoms with Crippen LogP contribution in [0, 0.1) is 0 Å². The highest BCUT2D eigenvalue weighted by molar-refractivity contribution is 6.30. The molecule has 0 aliphatic heterocycles. The Hall–Kier alpha value is -0.510. The van der Waals surface area contributed by atoms with Crippen molar-refractivity contribution in [3.8, 4) is 5.75 Å². The first-order valence-corrected chi connectivity index (χ1v) is 4.62. The summed E-state index contributed by atoms with van der Waals surface area (Å²) in [7, 11) is 0. The lowest BCUT2D eigenvalue weighted by Gasteiger charge is -2.09. The predicted octanol–water partition coefficient (Wildman–Crippen LogP) is 1.71. The average Bonchev–Trinajstić information content (AvgIpc) is 2.16. The van der Waals surface area contributed by atoms with Gasteiger partial charge in [0.2, 0.25) is 0 Å². The molecule has 0 saturated carbocycles. The van der Waals surface area contributed by atoms with Crippen LogP contribution in [0.1, 0.15) is 0 Å². The summed E-state index contributed by atoms with van der Waals surface area (Å²) in [5.74, 6) is 0.589. The van der Waals surface area contributed by atoms with E-state index in [0.29, 0.717) is 5.75 Å². The van der Waals surface area contributed by atoms with Gasteiger partial charge in [-0.15, -0.1) is 11.6 Å². The second-order valence-electron chi connectivity index (χ2n) is 2.41. The van der Waals surface area contributed by atoms with E-state index in [1.54, 1.807) is 18.3 Å². The molecule has 72 valence electrons. The molecule has 3 nitrogen and oxygen atoms in total. The standard InChI is InChI=1S/C8H9Cl2NO2/c9-4-6(12)5-13-7-2-1-3-11-8(7)10/h1-3,6,12H,4-5H2. The maximum atomic E-state index is 9.09. The third-order valence-electron chi connectivity index (χ3n) is 1.33. The van der Waals surface area contributed by atoms with E-state index in [0.717, 1.165) is 0 Å². The number of hydrogen-bond donors (Lipinski definition) is 1. The molecule has 1 aromatic rings. The SMILES string of the molecule is OC(CCl)COc1cccnc1Cl. The number of nitrogens with zero attached hydrogens (tertiary/aromatic N) is 1. The van der Waals surface area contributed by atoms with Crippen molar-refractivity contribution < 1.29 is 9.84 Å². The predicted molar refractivity (Wildman–Crippen MR) is 51.5 cm³/mol. The van der Waals surface area contributed by atoms with Crippen molar-refractivity contribution in [2.24, 2.45) is 0 Å². The maximum absolute atomic E-state index is 9.09. The fourth-order valence-electron chi connectivity index (χ4n) is 0.709. The Kier molecular flexibility index (Phi) is 4.28. The molecule has 0 aromatic carbocycles. The molecule has 1 N–H and O–H groups in total. The van der Waals surface area contributed by atoms with Gasteiger partial charge in [-0.05, 0) is 12.1 Å². The van der Waals surface area contributed by atoms with Gasteiger partial charge in [0.1, 0.15) is 12.7 Å². The molecule has 1 rings (SSSR count). The summed E-state index contributed by atoms with van der Waals surface area (Å²) >= 11 is 11.1. The molecule has 0 aliphatic rings. The molecule has 0 spiro atoms. The van der Waals surface area contributed by atoms with Gasteiger partial charge >= 0.3 is 0 Å². The number of aliphatic hydroxyl groups excluding tert-OH is 1. The molecule has 1 aromatic heterocycles. The van der Waals surface area contributed by atoms with E-state index in [1.807, 2.05) is 0 Å². The molecular formula is C8H9Cl2NO2. The van der Waals surface area contributed by atoms with Gasteiger partial charge in [-0.3, -0.25) is 0 Å². The first kappa shape index (κ1) is 10.6. The summed E-state index contributed by atoms with van der Waals surface area (Å²) in [4.78, 5) is 3.81. The third kappa shape index (κ3) is 3.38. The van der Waals surface area contributed by atoms with E-state index in [9.17, 15) is 0 Å². The lowest BCUT2D eigenvalue weighted by molar-refractivity contribution is 0.125. The molecule has 5 heteroatoms. The van der Waals surface area contributed by atoms with E-state index in [1.165, 1.54) is 0 Å². The number of aliphatic hydroxyl groups is 1. The number of pyridine rings is 1. The van der Waals surface area contributed by atoms with E-state index >= 15 is 0 Å². The highest BCUT2D eigenvalue weighted by Gasteiger charge is 2.05. The topological polar surface area (TPSA) is 42.4 Å². The largest absolute Gasteiger partial charge is 0.488 e. The Morgan fingerprint density at radius 3 is 3.00 bits per heavy atom. The van der Waals surface area contributed by atoms with Gasteiger partial charge in [-0.1, -0.05) is 11.6 Å². The summed E-state index contributed by atoms with van der Waals surface area (Å²) in [6.45, 7) is 0.120. The van der Waals surface area contributed by atoms with E-state index in [4.69, 9.17) is 33.0 Å². The Bertz CT molecular complexity index is 270. The van der Waals surface area contributed by atoms with E-state index < -0.39 is 6.10 Å². The van der Waals surface area contributed by atoms with Crippen LogP contribution in [0.2, 0.25) is 5.15 Å². The summed E-state index contributed by atoms with van der Waals surface area (Å²) in [5, 5.41) is 9.37. The molecule has 1 atom stereocenters. The van der Waals surface area contributed by atoms with Crippen molar-refractivity contribution in [2.45, 2.75) is 6.10 Å². The normalized spacial score (nSPS) is 12.5. The minimum Gasteiger partial charge on any atom is -0.488 e. The molecule has 1 heterocycles. The summed E-state index contributed by atoms with van der Waals surface area (Å²) in [6.07, 6.45) is 0.880. The molecular weight excluding hydrogens is 213 g/mol. The zero-order chi connectivity index (χ0) is 9.68. The van der Waals surface area contributed by atoms with Crippen LogP contribution in [0.4, 0.5) is 0 Å². The van der Waals surface area contributed by atoms with Crippen LogP contribution in [-0.4, -0.2) is 28.7 Å². The molecule has 0 bridgehead atoms. The second-order valence-corrected chi connectivity index (χ2v) is 3.08. The molecule has 0 saturated heterocycles. The first-order valence-electron chi connectivity index (χ1n) is 3.71. The van der Waals surface area contributed by atoms with Gasteiger partial charge in [0.05, 0.1) is 5.88 Å². The summed E-state index contributed by atoms with van der Waals surface area (Å²) in [6, 6.07) is 3.38. The van der Waals surface area contributed by atoms with Crippen molar-refractivity contribution in [3.05, 3.63) is 23.5 Å². The van der Waals surface area contributed by atoms with Gasteiger partial charge in [0.25, 0.3) is 0 Å². The van der Waals surface area contributed by atoms with Gasteiger partial charge in [0.15, 0.2) is 10.9 Å². The number of aromatic nitrogens is 1. The minimum atomic E-state index is -0.682. The van der Waals surface area contributed by atoms with Crippen LogP contribution in [-0.2, 0) is 0 Å². The summed E-state index contributed by atoms with van der Waals surface area (Å²) < 4.78 is 5.16. The van der Waals surface area contributed by atoms with Crippen LogP contribution in [0.3, 0.4) is 0 Å². The van der Waals surface area contributed by atoms with E-state index in [2.05, 4.69) is 4.98 Å². The minimum absolute atomic E-state index is 0.120. The smallest absolute Gasteiger partial charge is 0.171 e. The highest BCUT2D eigenvalue weighted by atomic mass is 35.5. The zero-order valence-corrected chi connectivity index (χ0v) is 8.29. The molecule has 1 unspecified atom stereocenters. The van der Waals surface area contributed by atoms with Crippen molar-refractivity contribution in [1.29, 1.82) is 0 Å². The van der Waals surface area contributed by atoms with Crippen molar-refractivity contribution in [1.82, 2.24) is 4.98 Å². The molecule has 0 amide bonds. The number of ether oxygens (including phenoxy) is 1. The Balaban J connectivity index is 2.50. The average molecular weight is 222 g/mol. The third-order valence-corrected chi connectivity index (χ3v) is 1.97. The molecule has 13 heavy (non-hydrogen) atoms. The summed E-state index contributed by atoms with van der Waals surface area (Å²) in [5.41, 5.74) is 0. The lowest BCUT2D eigenvalue weighted by atomic mass is 10.4. The van der Waals surface area contributed by atoms with Crippen LogP contribution in [0.15, 0.2) is 18.3 Å². The van der Waals surface area contributed by atoms with Gasteiger partial charge in [0, 0.05) is 6.20 Å². The molecule has 0 fully saturated rings. The van der Waals surface area contributed by atoms with Crippen molar-refractivity contribution in [2.75, 3.05) is 12.5 Å². The second kappa shape index (κ2) is 5.27. The Morgan fingerprint density at radius 2 is 2.38 bits per heavy atom. The fraction of sp³-hybridized carbons (Fsp3) is 0.375. The highest BCUT2D eigenvalue weighted by Crippen LogP contribution is 2.20. The van der Waals surface area contributed by atoms with Gasteiger partial charge in [-0.25, -0.2) is 4.98 Å². The number of halogens is 2. The van der Waals surface area contributed by atoms with Crippen LogP contribution >= 0.6 is 23.2 Å². The van der Waals surface area contributed by atoms with Crippen molar-refractivity contribution in [3.63, 3.8) is 0 Å². The maximum Gasteiger partial charge on any atom is 0.171 e. The number of rotatable bonds is 4.